The van der Waals surface area contributed by atoms with Gasteiger partial charge >= 0.3 is 0 Å². The summed E-state index contributed by atoms with van der Waals surface area (Å²) in [4.78, 5) is 4.59. The van der Waals surface area contributed by atoms with Crippen LogP contribution in [0.5, 0.6) is 5.75 Å². The standard InChI is InChI=1S/C16H27N3O/c1-14-13-15(19-9-4-7-17-8-10-19)5-6-16(14)20-12-11-18(2)3/h5-6,13,17H,4,7-12H2,1-3H3. The molecule has 0 aromatic heterocycles. The average Bonchev–Trinajstić information content (AvgIpc) is 2.69. The zero-order valence-corrected chi connectivity index (χ0v) is 13.0. The molecule has 1 fully saturated rings. The Morgan fingerprint density at radius 3 is 2.85 bits per heavy atom. The second-order valence-electron chi connectivity index (χ2n) is 5.69. The third-order valence-electron chi connectivity index (χ3n) is 3.66. The Morgan fingerprint density at radius 1 is 1.25 bits per heavy atom. The van der Waals surface area contributed by atoms with Crippen LogP contribution in [0.4, 0.5) is 5.69 Å². The Labute approximate surface area is 122 Å². The van der Waals surface area contributed by atoms with Crippen LogP contribution >= 0.6 is 0 Å². The van der Waals surface area contributed by atoms with Gasteiger partial charge in [0.05, 0.1) is 0 Å². The van der Waals surface area contributed by atoms with Crippen LogP contribution in [0.15, 0.2) is 18.2 Å². The fourth-order valence-corrected chi connectivity index (χ4v) is 2.43. The number of ether oxygens (including phenoxy) is 1. The predicted octanol–water partition coefficient (Wildman–Crippen LogP) is 1.74. The molecule has 0 unspecified atom stereocenters. The first kappa shape index (κ1) is 15.1. The fourth-order valence-electron chi connectivity index (χ4n) is 2.43. The molecule has 2 rings (SSSR count). The molecule has 112 valence electrons. The third kappa shape index (κ3) is 4.39. The van der Waals surface area contributed by atoms with E-state index in [4.69, 9.17) is 4.74 Å². The van der Waals surface area contributed by atoms with E-state index in [2.05, 4.69) is 54.3 Å². The highest BCUT2D eigenvalue weighted by molar-refractivity contribution is 5.53. The lowest BCUT2D eigenvalue weighted by Crippen LogP contribution is -2.27. The molecule has 4 nitrogen and oxygen atoms in total. The van der Waals surface area contributed by atoms with Gasteiger partial charge in [-0.05, 0) is 57.7 Å². The first-order valence-electron chi connectivity index (χ1n) is 7.50. The second-order valence-corrected chi connectivity index (χ2v) is 5.69. The normalized spacial score (nSPS) is 16.3. The van der Waals surface area contributed by atoms with Crippen molar-refractivity contribution in [3.63, 3.8) is 0 Å². The van der Waals surface area contributed by atoms with Gasteiger partial charge in [0.25, 0.3) is 0 Å². The molecule has 0 aliphatic carbocycles. The number of nitrogens with zero attached hydrogens (tertiary/aromatic N) is 2. The maximum atomic E-state index is 5.84. The lowest BCUT2D eigenvalue weighted by molar-refractivity contribution is 0.260. The summed E-state index contributed by atoms with van der Waals surface area (Å²) in [6.45, 7) is 8.22. The number of likely N-dealkylation sites (N-methyl/N-ethyl adjacent to an activating group) is 1. The predicted molar refractivity (Wildman–Crippen MR) is 84.9 cm³/mol. The molecule has 0 radical (unpaired) electrons. The monoisotopic (exact) mass is 277 g/mol. The molecule has 4 heteroatoms. The molecule has 1 saturated heterocycles. The van der Waals surface area contributed by atoms with Crippen LogP contribution in [-0.4, -0.2) is 58.3 Å². The molecule has 0 atom stereocenters. The van der Waals surface area contributed by atoms with Gasteiger partial charge < -0.3 is 19.9 Å². The number of rotatable bonds is 5. The first-order chi connectivity index (χ1) is 9.66. The highest BCUT2D eigenvalue weighted by Gasteiger charge is 2.11. The summed E-state index contributed by atoms with van der Waals surface area (Å²) in [5, 5.41) is 3.44. The van der Waals surface area contributed by atoms with Crippen molar-refractivity contribution in [2.45, 2.75) is 13.3 Å². The van der Waals surface area contributed by atoms with Crippen molar-refractivity contribution >= 4 is 5.69 Å². The molecular formula is C16H27N3O. The minimum atomic E-state index is 0.737. The topological polar surface area (TPSA) is 27.7 Å². The van der Waals surface area contributed by atoms with E-state index in [9.17, 15) is 0 Å². The number of benzene rings is 1. The highest BCUT2D eigenvalue weighted by atomic mass is 16.5. The summed E-state index contributed by atoms with van der Waals surface area (Å²) in [5.74, 6) is 1.00. The van der Waals surface area contributed by atoms with Crippen LogP contribution in [0.2, 0.25) is 0 Å². The van der Waals surface area contributed by atoms with Gasteiger partial charge in [-0.3, -0.25) is 0 Å². The molecule has 1 N–H and O–H groups in total. The van der Waals surface area contributed by atoms with Crippen molar-refractivity contribution in [2.75, 3.05) is 58.3 Å². The summed E-state index contributed by atoms with van der Waals surface area (Å²) in [6.07, 6.45) is 1.21. The minimum absolute atomic E-state index is 0.737. The van der Waals surface area contributed by atoms with E-state index >= 15 is 0 Å². The lowest BCUT2D eigenvalue weighted by atomic mass is 10.2. The molecule has 1 aliphatic rings. The van der Waals surface area contributed by atoms with Crippen molar-refractivity contribution in [1.82, 2.24) is 10.2 Å². The van der Waals surface area contributed by atoms with Crippen molar-refractivity contribution in [1.29, 1.82) is 0 Å². The quantitative estimate of drug-likeness (QED) is 0.887. The van der Waals surface area contributed by atoms with Gasteiger partial charge in [-0.15, -0.1) is 0 Å². The van der Waals surface area contributed by atoms with E-state index in [0.717, 1.165) is 45.1 Å². The Bertz CT molecular complexity index is 412. The van der Waals surface area contributed by atoms with Crippen LogP contribution in [0, 0.1) is 6.92 Å². The minimum Gasteiger partial charge on any atom is -0.492 e. The summed E-state index contributed by atoms with van der Waals surface area (Å²) in [6, 6.07) is 6.54. The third-order valence-corrected chi connectivity index (χ3v) is 3.66. The van der Waals surface area contributed by atoms with Gasteiger partial charge in [-0.2, -0.15) is 0 Å². The van der Waals surface area contributed by atoms with E-state index in [-0.39, 0.29) is 0 Å². The van der Waals surface area contributed by atoms with E-state index < -0.39 is 0 Å². The van der Waals surface area contributed by atoms with Crippen LogP contribution in [0.25, 0.3) is 0 Å². The van der Waals surface area contributed by atoms with Crippen LogP contribution in [0.1, 0.15) is 12.0 Å². The van der Waals surface area contributed by atoms with E-state index in [1.807, 2.05) is 0 Å². The molecule has 1 aromatic carbocycles. The van der Waals surface area contributed by atoms with Crippen molar-refractivity contribution in [2.24, 2.45) is 0 Å². The number of anilines is 1. The van der Waals surface area contributed by atoms with Crippen molar-refractivity contribution in [3.05, 3.63) is 23.8 Å². The summed E-state index contributed by atoms with van der Waals surface area (Å²) < 4.78 is 5.84. The molecule has 1 heterocycles. The lowest BCUT2D eigenvalue weighted by Gasteiger charge is -2.23. The zero-order valence-electron chi connectivity index (χ0n) is 13.0. The van der Waals surface area contributed by atoms with Crippen molar-refractivity contribution < 1.29 is 4.74 Å². The maximum Gasteiger partial charge on any atom is 0.122 e. The largest absolute Gasteiger partial charge is 0.492 e. The molecule has 1 aromatic rings. The SMILES string of the molecule is Cc1cc(N2CCCNCC2)ccc1OCCN(C)C. The Morgan fingerprint density at radius 2 is 2.10 bits per heavy atom. The van der Waals surface area contributed by atoms with Crippen LogP contribution < -0.4 is 15.0 Å². The highest BCUT2D eigenvalue weighted by Crippen LogP contribution is 2.24. The van der Waals surface area contributed by atoms with Gasteiger partial charge in [0.15, 0.2) is 0 Å². The van der Waals surface area contributed by atoms with Crippen LogP contribution in [0.3, 0.4) is 0 Å². The maximum absolute atomic E-state index is 5.84. The van der Waals surface area contributed by atoms with Crippen LogP contribution in [-0.2, 0) is 0 Å². The molecule has 0 saturated carbocycles. The van der Waals surface area contributed by atoms with E-state index in [1.165, 1.54) is 17.7 Å². The molecular weight excluding hydrogens is 250 g/mol. The van der Waals surface area contributed by atoms with Gasteiger partial charge in [0.1, 0.15) is 12.4 Å². The molecule has 0 spiro atoms. The number of hydrogen-bond donors (Lipinski definition) is 1. The summed E-state index contributed by atoms with van der Waals surface area (Å²) in [5.41, 5.74) is 2.53. The Hall–Kier alpha value is -1.26. The van der Waals surface area contributed by atoms with Gasteiger partial charge in [-0.25, -0.2) is 0 Å². The van der Waals surface area contributed by atoms with E-state index in [0.29, 0.717) is 0 Å². The summed E-state index contributed by atoms with van der Waals surface area (Å²) >= 11 is 0. The second kappa shape index (κ2) is 7.50. The average molecular weight is 277 g/mol. The first-order valence-corrected chi connectivity index (χ1v) is 7.50. The fraction of sp³-hybridized carbons (Fsp3) is 0.625. The number of nitrogens with one attached hydrogen (secondary N) is 1. The van der Waals surface area contributed by atoms with Crippen molar-refractivity contribution in [3.8, 4) is 5.75 Å². The Balaban J connectivity index is 1.97. The molecule has 0 amide bonds. The number of hydrogen-bond acceptors (Lipinski definition) is 4. The Kier molecular flexibility index (Phi) is 5.68. The molecule has 0 bridgehead atoms. The van der Waals surface area contributed by atoms with E-state index in [1.54, 1.807) is 0 Å². The van der Waals surface area contributed by atoms with Gasteiger partial charge in [0, 0.05) is 31.9 Å². The van der Waals surface area contributed by atoms with Gasteiger partial charge in [-0.1, -0.05) is 0 Å². The molecule has 20 heavy (non-hydrogen) atoms. The smallest absolute Gasteiger partial charge is 0.122 e. The van der Waals surface area contributed by atoms with Gasteiger partial charge in [0.2, 0.25) is 0 Å². The summed E-state index contributed by atoms with van der Waals surface area (Å²) in [7, 11) is 4.12. The number of aryl methyl sites for hydroxylation is 1. The molecule has 1 aliphatic heterocycles. The zero-order chi connectivity index (χ0) is 14.4.